The molecule has 4 rings (SSSR count). The molecule has 2 aromatic carbocycles. The SMILES string of the molecule is Nc1n[nH]c2nc(Nc3cccc4ccccc34)ccc12. The number of nitrogens with one attached hydrogen (secondary N) is 2. The van der Waals surface area contributed by atoms with Crippen LogP contribution in [-0.4, -0.2) is 15.2 Å². The van der Waals surface area contributed by atoms with Crippen LogP contribution >= 0.6 is 0 Å². The Labute approximate surface area is 120 Å². The van der Waals surface area contributed by atoms with Gasteiger partial charge in [-0.25, -0.2) is 4.98 Å². The molecule has 2 heterocycles. The van der Waals surface area contributed by atoms with Crippen molar-refractivity contribution in [2.45, 2.75) is 0 Å². The van der Waals surface area contributed by atoms with Crippen molar-refractivity contribution in [2.75, 3.05) is 11.1 Å². The normalized spacial score (nSPS) is 11.0. The van der Waals surface area contributed by atoms with Gasteiger partial charge in [-0.1, -0.05) is 36.4 Å². The number of hydrogen-bond donors (Lipinski definition) is 3. The summed E-state index contributed by atoms with van der Waals surface area (Å²) in [6.07, 6.45) is 0. The molecule has 0 atom stereocenters. The summed E-state index contributed by atoms with van der Waals surface area (Å²) in [7, 11) is 0. The van der Waals surface area contributed by atoms with Crippen LogP contribution in [0, 0.1) is 0 Å². The van der Waals surface area contributed by atoms with Crippen molar-refractivity contribution < 1.29 is 0 Å². The zero-order valence-corrected chi connectivity index (χ0v) is 11.2. The van der Waals surface area contributed by atoms with E-state index in [9.17, 15) is 0 Å². The van der Waals surface area contributed by atoms with Gasteiger partial charge >= 0.3 is 0 Å². The van der Waals surface area contributed by atoms with E-state index in [1.165, 1.54) is 5.39 Å². The monoisotopic (exact) mass is 275 g/mol. The van der Waals surface area contributed by atoms with E-state index in [1.807, 2.05) is 36.4 Å². The Balaban J connectivity index is 1.79. The molecule has 0 saturated carbocycles. The van der Waals surface area contributed by atoms with Crippen LogP contribution in [0.4, 0.5) is 17.3 Å². The molecule has 0 bridgehead atoms. The van der Waals surface area contributed by atoms with Crippen molar-refractivity contribution in [3.63, 3.8) is 0 Å². The van der Waals surface area contributed by atoms with Gasteiger partial charge in [0.05, 0.1) is 5.39 Å². The van der Waals surface area contributed by atoms with E-state index in [2.05, 4.69) is 38.7 Å². The molecule has 0 fully saturated rings. The van der Waals surface area contributed by atoms with Gasteiger partial charge in [-0.3, -0.25) is 5.10 Å². The molecular weight excluding hydrogens is 262 g/mol. The van der Waals surface area contributed by atoms with Gasteiger partial charge in [0.25, 0.3) is 0 Å². The van der Waals surface area contributed by atoms with Crippen molar-refractivity contribution in [2.24, 2.45) is 0 Å². The number of aromatic nitrogens is 3. The van der Waals surface area contributed by atoms with Crippen LogP contribution in [0.15, 0.2) is 54.6 Å². The predicted molar refractivity (Wildman–Crippen MR) is 85.5 cm³/mol. The Morgan fingerprint density at radius 2 is 1.76 bits per heavy atom. The number of fused-ring (bicyclic) bond motifs is 2. The first-order valence-electron chi connectivity index (χ1n) is 6.67. The first-order valence-corrected chi connectivity index (χ1v) is 6.67. The highest BCUT2D eigenvalue weighted by atomic mass is 15.2. The van der Waals surface area contributed by atoms with Gasteiger partial charge in [0, 0.05) is 11.1 Å². The summed E-state index contributed by atoms with van der Waals surface area (Å²) in [5.41, 5.74) is 7.45. The Morgan fingerprint density at radius 1 is 0.905 bits per heavy atom. The molecule has 0 radical (unpaired) electrons. The summed E-state index contributed by atoms with van der Waals surface area (Å²) in [4.78, 5) is 4.49. The van der Waals surface area contributed by atoms with Crippen molar-refractivity contribution in [3.05, 3.63) is 54.6 Å². The Bertz CT molecular complexity index is 936. The molecule has 5 heteroatoms. The maximum Gasteiger partial charge on any atom is 0.159 e. The number of benzene rings is 2. The topological polar surface area (TPSA) is 79.6 Å². The van der Waals surface area contributed by atoms with Gasteiger partial charge in [0.2, 0.25) is 0 Å². The van der Waals surface area contributed by atoms with Gasteiger partial charge in [-0.15, -0.1) is 0 Å². The minimum Gasteiger partial charge on any atom is -0.382 e. The molecule has 102 valence electrons. The molecule has 0 aliphatic heterocycles. The third kappa shape index (κ3) is 1.95. The molecular formula is C16H13N5. The van der Waals surface area contributed by atoms with Crippen LogP contribution in [0.3, 0.4) is 0 Å². The lowest BCUT2D eigenvalue weighted by atomic mass is 10.1. The van der Waals surface area contributed by atoms with Crippen LogP contribution in [0.25, 0.3) is 21.8 Å². The minimum absolute atomic E-state index is 0.467. The maximum absolute atomic E-state index is 5.75. The zero-order chi connectivity index (χ0) is 14.2. The lowest BCUT2D eigenvalue weighted by Crippen LogP contribution is -1.94. The van der Waals surface area contributed by atoms with Crippen molar-refractivity contribution >= 4 is 39.1 Å². The average molecular weight is 275 g/mol. The van der Waals surface area contributed by atoms with Gasteiger partial charge in [-0.2, -0.15) is 5.10 Å². The fraction of sp³-hybridized carbons (Fsp3) is 0. The number of nitrogens with zero attached hydrogens (tertiary/aromatic N) is 2. The number of H-pyrrole nitrogens is 1. The lowest BCUT2D eigenvalue weighted by molar-refractivity contribution is 1.10. The Morgan fingerprint density at radius 3 is 2.71 bits per heavy atom. The number of rotatable bonds is 2. The second-order valence-corrected chi connectivity index (χ2v) is 4.85. The molecule has 2 aromatic heterocycles. The fourth-order valence-electron chi connectivity index (χ4n) is 2.47. The molecule has 0 spiro atoms. The van der Waals surface area contributed by atoms with Crippen LogP contribution in [0.1, 0.15) is 0 Å². The molecule has 0 aliphatic rings. The fourth-order valence-corrected chi connectivity index (χ4v) is 2.47. The highest BCUT2D eigenvalue weighted by Gasteiger charge is 2.06. The van der Waals surface area contributed by atoms with Gasteiger partial charge in [0.15, 0.2) is 11.5 Å². The second-order valence-electron chi connectivity index (χ2n) is 4.85. The summed E-state index contributed by atoms with van der Waals surface area (Å²) in [5, 5.41) is 13.3. The Kier molecular flexibility index (Phi) is 2.50. The molecule has 0 aliphatic carbocycles. The van der Waals surface area contributed by atoms with E-state index in [1.54, 1.807) is 0 Å². The molecule has 0 unspecified atom stereocenters. The van der Waals surface area contributed by atoms with Crippen LogP contribution in [0.2, 0.25) is 0 Å². The quantitative estimate of drug-likeness (QED) is 0.523. The maximum atomic E-state index is 5.75. The van der Waals surface area contributed by atoms with Crippen molar-refractivity contribution in [3.8, 4) is 0 Å². The van der Waals surface area contributed by atoms with Gasteiger partial charge in [-0.05, 0) is 23.6 Å². The van der Waals surface area contributed by atoms with Crippen molar-refractivity contribution in [1.29, 1.82) is 0 Å². The van der Waals surface area contributed by atoms with E-state index in [0.717, 1.165) is 22.3 Å². The standard InChI is InChI=1S/C16H13N5/c17-15-12-8-9-14(19-16(12)21-20-15)18-13-7-3-5-10-4-1-2-6-11(10)13/h1-9H,(H4,17,18,19,20,21). The highest BCUT2D eigenvalue weighted by molar-refractivity contribution is 5.95. The number of pyridine rings is 1. The van der Waals surface area contributed by atoms with Crippen LogP contribution < -0.4 is 11.1 Å². The first-order chi connectivity index (χ1) is 10.3. The summed E-state index contributed by atoms with van der Waals surface area (Å²) in [6, 6.07) is 18.2. The Hall–Kier alpha value is -3.08. The highest BCUT2D eigenvalue weighted by Crippen LogP contribution is 2.26. The molecule has 5 nitrogen and oxygen atoms in total. The van der Waals surface area contributed by atoms with Gasteiger partial charge < -0.3 is 11.1 Å². The van der Waals surface area contributed by atoms with E-state index < -0.39 is 0 Å². The van der Waals surface area contributed by atoms with E-state index in [0.29, 0.717) is 11.5 Å². The van der Waals surface area contributed by atoms with Crippen LogP contribution in [0.5, 0.6) is 0 Å². The largest absolute Gasteiger partial charge is 0.382 e. The molecule has 0 saturated heterocycles. The number of nitrogens with two attached hydrogens (primary N) is 1. The number of anilines is 3. The van der Waals surface area contributed by atoms with Crippen LogP contribution in [-0.2, 0) is 0 Å². The van der Waals surface area contributed by atoms with E-state index in [-0.39, 0.29) is 0 Å². The lowest BCUT2D eigenvalue weighted by Gasteiger charge is -2.09. The minimum atomic E-state index is 0.467. The number of nitrogen functional groups attached to an aromatic ring is 1. The van der Waals surface area contributed by atoms with Crippen molar-refractivity contribution in [1.82, 2.24) is 15.2 Å². The third-order valence-corrected chi connectivity index (χ3v) is 3.51. The predicted octanol–water partition coefficient (Wildman–Crippen LogP) is 3.44. The first kappa shape index (κ1) is 11.7. The summed E-state index contributed by atoms with van der Waals surface area (Å²) in [5.74, 6) is 1.22. The number of hydrogen-bond acceptors (Lipinski definition) is 4. The van der Waals surface area contributed by atoms with E-state index in [4.69, 9.17) is 5.73 Å². The molecule has 4 aromatic rings. The van der Waals surface area contributed by atoms with Gasteiger partial charge in [0.1, 0.15) is 5.82 Å². The molecule has 4 N–H and O–H groups in total. The second kappa shape index (κ2) is 4.49. The summed E-state index contributed by atoms with van der Waals surface area (Å²) >= 11 is 0. The average Bonchev–Trinajstić information content (AvgIpc) is 2.89. The summed E-state index contributed by atoms with van der Waals surface area (Å²) in [6.45, 7) is 0. The number of aromatic amines is 1. The third-order valence-electron chi connectivity index (χ3n) is 3.51. The zero-order valence-electron chi connectivity index (χ0n) is 11.2. The smallest absolute Gasteiger partial charge is 0.159 e. The molecule has 21 heavy (non-hydrogen) atoms. The van der Waals surface area contributed by atoms with E-state index >= 15 is 0 Å². The summed E-state index contributed by atoms with van der Waals surface area (Å²) < 4.78 is 0. The molecule has 0 amide bonds.